The molecule has 0 amide bonds. The summed E-state index contributed by atoms with van der Waals surface area (Å²) >= 11 is 18.1. The van der Waals surface area contributed by atoms with Crippen LogP contribution in [0.5, 0.6) is 0 Å². The summed E-state index contributed by atoms with van der Waals surface area (Å²) in [6, 6.07) is 3.84. The van der Waals surface area contributed by atoms with Crippen molar-refractivity contribution in [3.8, 4) is 0 Å². The van der Waals surface area contributed by atoms with Crippen LogP contribution in [0.1, 0.15) is 39.3 Å². The second-order valence-corrected chi connectivity index (χ2v) is 6.59. The largest absolute Gasteiger partial charge is 0.310 e. The molecular weight excluding hydrogens is 277 g/mol. The van der Waals surface area contributed by atoms with Crippen LogP contribution in [0.15, 0.2) is 12.1 Å². The molecule has 1 rings (SSSR count). The first-order valence-electron chi connectivity index (χ1n) is 5.59. The minimum atomic E-state index is 0.150. The monoisotopic (exact) mass is 293 g/mol. The molecule has 4 heteroatoms. The van der Waals surface area contributed by atoms with Crippen LogP contribution < -0.4 is 5.32 Å². The van der Waals surface area contributed by atoms with Gasteiger partial charge in [0.25, 0.3) is 0 Å². The van der Waals surface area contributed by atoms with Crippen molar-refractivity contribution < 1.29 is 0 Å². The summed E-state index contributed by atoms with van der Waals surface area (Å²) in [5.41, 5.74) is 1.21. The topological polar surface area (TPSA) is 12.0 Å². The van der Waals surface area contributed by atoms with Crippen molar-refractivity contribution in [1.29, 1.82) is 0 Å². The summed E-state index contributed by atoms with van der Waals surface area (Å²) in [7, 11) is 0. The number of halogens is 3. The van der Waals surface area contributed by atoms with Gasteiger partial charge < -0.3 is 5.32 Å². The molecule has 0 aliphatic carbocycles. The Morgan fingerprint density at radius 3 is 2.24 bits per heavy atom. The molecule has 17 heavy (non-hydrogen) atoms. The fraction of sp³-hybridized carbons (Fsp3) is 0.538. The summed E-state index contributed by atoms with van der Waals surface area (Å²) < 4.78 is 0. The summed E-state index contributed by atoms with van der Waals surface area (Å²) in [5, 5.41) is 4.89. The second-order valence-electron chi connectivity index (χ2n) is 5.43. The van der Waals surface area contributed by atoms with Gasteiger partial charge in [-0.05, 0) is 24.0 Å². The van der Waals surface area contributed by atoms with E-state index in [9.17, 15) is 0 Å². The molecule has 96 valence electrons. The van der Waals surface area contributed by atoms with Crippen LogP contribution in [-0.4, -0.2) is 6.54 Å². The summed E-state index contributed by atoms with van der Waals surface area (Å²) in [6.45, 7) is 9.53. The van der Waals surface area contributed by atoms with Gasteiger partial charge in [0.2, 0.25) is 0 Å². The van der Waals surface area contributed by atoms with Gasteiger partial charge in [0.15, 0.2) is 0 Å². The molecule has 1 N–H and O–H groups in total. The average Bonchev–Trinajstić information content (AvgIpc) is 2.22. The minimum absolute atomic E-state index is 0.150. The van der Waals surface area contributed by atoms with E-state index in [-0.39, 0.29) is 11.5 Å². The molecule has 0 bridgehead atoms. The first kappa shape index (κ1) is 15.1. The third kappa shape index (κ3) is 4.33. The van der Waals surface area contributed by atoms with Gasteiger partial charge in [-0.2, -0.15) is 0 Å². The zero-order valence-corrected chi connectivity index (χ0v) is 12.8. The molecule has 0 radical (unpaired) electrons. The summed E-state index contributed by atoms with van der Waals surface area (Å²) in [5.74, 6) is 0. The molecule has 0 aromatic heterocycles. The predicted octanol–water partition coefficient (Wildman–Crippen LogP) is 5.34. The molecule has 0 saturated heterocycles. The highest BCUT2D eigenvalue weighted by Crippen LogP contribution is 2.35. The van der Waals surface area contributed by atoms with Gasteiger partial charge in [-0.3, -0.25) is 0 Å². The molecule has 0 spiro atoms. The molecule has 1 aromatic carbocycles. The smallest absolute Gasteiger partial charge is 0.0781 e. The fourth-order valence-corrected chi connectivity index (χ4v) is 2.15. The second kappa shape index (κ2) is 5.79. The van der Waals surface area contributed by atoms with E-state index in [0.29, 0.717) is 15.1 Å². The number of rotatable bonds is 3. The third-order valence-corrected chi connectivity index (χ3v) is 3.78. The van der Waals surface area contributed by atoms with Gasteiger partial charge in [0.05, 0.1) is 15.1 Å². The molecule has 0 fully saturated rings. The molecule has 0 saturated carbocycles. The Bertz CT molecular complexity index is 396. The molecular formula is C13H18Cl3N. The van der Waals surface area contributed by atoms with E-state index in [2.05, 4.69) is 33.0 Å². The lowest BCUT2D eigenvalue weighted by molar-refractivity contribution is 0.359. The van der Waals surface area contributed by atoms with Crippen molar-refractivity contribution in [2.75, 3.05) is 6.54 Å². The SMILES string of the molecule is CC(NCC(C)(C)C)c1ccc(Cl)c(Cl)c1Cl. The average molecular weight is 295 g/mol. The number of hydrogen-bond acceptors (Lipinski definition) is 1. The Morgan fingerprint density at radius 2 is 1.71 bits per heavy atom. The zero-order chi connectivity index (χ0) is 13.2. The van der Waals surface area contributed by atoms with Crippen molar-refractivity contribution in [3.05, 3.63) is 32.8 Å². The van der Waals surface area contributed by atoms with Crippen molar-refractivity contribution in [2.45, 2.75) is 33.7 Å². The Morgan fingerprint density at radius 1 is 1.12 bits per heavy atom. The molecule has 0 heterocycles. The number of benzene rings is 1. The maximum Gasteiger partial charge on any atom is 0.0781 e. The van der Waals surface area contributed by atoms with Gasteiger partial charge in [0, 0.05) is 12.6 Å². The molecule has 0 aliphatic heterocycles. The van der Waals surface area contributed by atoms with Crippen LogP contribution >= 0.6 is 34.8 Å². The van der Waals surface area contributed by atoms with Crippen LogP contribution in [0.25, 0.3) is 0 Å². The van der Waals surface area contributed by atoms with Gasteiger partial charge in [0.1, 0.15) is 0 Å². The van der Waals surface area contributed by atoms with Gasteiger partial charge in [-0.15, -0.1) is 0 Å². The number of hydrogen-bond donors (Lipinski definition) is 1. The van der Waals surface area contributed by atoms with Gasteiger partial charge in [-0.1, -0.05) is 61.6 Å². The van der Waals surface area contributed by atoms with E-state index in [4.69, 9.17) is 34.8 Å². The van der Waals surface area contributed by atoms with Crippen molar-refractivity contribution in [2.24, 2.45) is 5.41 Å². The van der Waals surface area contributed by atoms with Crippen LogP contribution in [0, 0.1) is 5.41 Å². The van der Waals surface area contributed by atoms with E-state index < -0.39 is 0 Å². The zero-order valence-electron chi connectivity index (χ0n) is 10.6. The lowest BCUT2D eigenvalue weighted by Crippen LogP contribution is -2.29. The van der Waals surface area contributed by atoms with Crippen LogP contribution in [0.4, 0.5) is 0 Å². The highest BCUT2D eigenvalue weighted by Gasteiger charge is 2.16. The predicted molar refractivity (Wildman–Crippen MR) is 77.3 cm³/mol. The lowest BCUT2D eigenvalue weighted by Gasteiger charge is -2.23. The van der Waals surface area contributed by atoms with Gasteiger partial charge >= 0.3 is 0 Å². The van der Waals surface area contributed by atoms with E-state index in [1.54, 1.807) is 6.07 Å². The lowest BCUT2D eigenvalue weighted by atomic mass is 9.96. The standard InChI is InChI=1S/C13H18Cl3N/c1-8(17-7-13(2,3)4)9-5-6-10(14)12(16)11(9)15/h5-6,8,17H,7H2,1-4H3. The first-order chi connectivity index (χ1) is 7.72. The maximum atomic E-state index is 6.19. The molecule has 0 aliphatic rings. The van der Waals surface area contributed by atoms with E-state index in [0.717, 1.165) is 12.1 Å². The van der Waals surface area contributed by atoms with Crippen LogP contribution in [0.3, 0.4) is 0 Å². The Kier molecular flexibility index (Phi) is 5.15. The highest BCUT2D eigenvalue weighted by atomic mass is 35.5. The highest BCUT2D eigenvalue weighted by molar-refractivity contribution is 6.48. The molecule has 1 atom stereocenters. The van der Waals surface area contributed by atoms with Gasteiger partial charge in [-0.25, -0.2) is 0 Å². The Labute approximate surface area is 118 Å². The normalized spacial score (nSPS) is 13.8. The van der Waals surface area contributed by atoms with Crippen LogP contribution in [0.2, 0.25) is 15.1 Å². The molecule has 1 unspecified atom stereocenters. The molecule has 1 aromatic rings. The van der Waals surface area contributed by atoms with Crippen molar-refractivity contribution in [1.82, 2.24) is 5.32 Å². The first-order valence-corrected chi connectivity index (χ1v) is 6.72. The van der Waals surface area contributed by atoms with Crippen molar-refractivity contribution in [3.63, 3.8) is 0 Å². The minimum Gasteiger partial charge on any atom is -0.310 e. The fourth-order valence-electron chi connectivity index (χ4n) is 1.44. The molecule has 1 nitrogen and oxygen atoms in total. The maximum absolute atomic E-state index is 6.19. The van der Waals surface area contributed by atoms with Crippen LogP contribution in [-0.2, 0) is 0 Å². The van der Waals surface area contributed by atoms with E-state index >= 15 is 0 Å². The summed E-state index contributed by atoms with van der Waals surface area (Å²) in [6.07, 6.45) is 0. The van der Waals surface area contributed by atoms with E-state index in [1.165, 1.54) is 0 Å². The number of nitrogens with one attached hydrogen (secondary N) is 1. The quantitative estimate of drug-likeness (QED) is 0.742. The van der Waals surface area contributed by atoms with Crippen molar-refractivity contribution >= 4 is 34.8 Å². The Hall–Kier alpha value is 0.0500. The third-order valence-electron chi connectivity index (χ3n) is 2.47. The Balaban J connectivity index is 2.83. The summed E-state index contributed by atoms with van der Waals surface area (Å²) in [4.78, 5) is 0. The van der Waals surface area contributed by atoms with E-state index in [1.807, 2.05) is 6.07 Å².